The fourth-order valence-electron chi connectivity index (χ4n) is 0.507. The lowest BCUT2D eigenvalue weighted by molar-refractivity contribution is 1.69. The molecule has 0 aliphatic heterocycles. The first-order chi connectivity index (χ1) is 3.79. The number of benzene rings is 1. The van der Waals surface area contributed by atoms with E-state index in [0.29, 0.717) is 10.7 Å². The molecule has 0 aromatic heterocycles. The molecule has 0 heterocycles. The maximum absolute atomic E-state index is 5.56. The summed E-state index contributed by atoms with van der Waals surface area (Å²) >= 11 is 5.56. The maximum Gasteiger partial charge on any atom is 0.0426 e. The molecule has 0 saturated carbocycles. The van der Waals surface area contributed by atoms with Crippen molar-refractivity contribution in [3.8, 4) is 0 Å². The third-order valence-electron chi connectivity index (χ3n) is 0.849. The second kappa shape index (κ2) is 3.59. The highest BCUT2D eigenvalue weighted by atomic mass is 35.5. The van der Waals surface area contributed by atoms with E-state index in [0.717, 1.165) is 0 Å². The van der Waals surface area contributed by atoms with Gasteiger partial charge in [0.15, 0.2) is 0 Å². The third kappa shape index (κ3) is 2.59. The molecule has 1 rings (SSSR count). The van der Waals surface area contributed by atoms with Crippen LogP contribution in [0.5, 0.6) is 0 Å². The smallest absolute Gasteiger partial charge is 0.0426 e. The van der Waals surface area contributed by atoms with E-state index in [-0.39, 0.29) is 12.4 Å². The minimum absolute atomic E-state index is 0. The number of halogens is 2. The molecule has 9 heavy (non-hydrogen) atoms. The summed E-state index contributed by atoms with van der Waals surface area (Å²) in [4.78, 5) is 0. The number of nitrogens with two attached hydrogens (primary N) is 1. The van der Waals surface area contributed by atoms with Crippen molar-refractivity contribution in [3.05, 3.63) is 29.3 Å². The summed E-state index contributed by atoms with van der Waals surface area (Å²) in [5.74, 6) is 0. The molecule has 0 radical (unpaired) electrons. The van der Waals surface area contributed by atoms with E-state index in [4.69, 9.17) is 17.3 Å². The molecule has 2 N–H and O–H groups in total. The average Bonchev–Trinajstić information content (AvgIpc) is 1.64. The maximum atomic E-state index is 5.56. The minimum Gasteiger partial charge on any atom is -0.399 e. The van der Waals surface area contributed by atoms with Crippen LogP contribution < -0.4 is 5.73 Å². The summed E-state index contributed by atoms with van der Waals surface area (Å²) in [6, 6.07) is 7.11. The zero-order valence-electron chi connectivity index (χ0n) is 4.67. The minimum atomic E-state index is 0. The van der Waals surface area contributed by atoms with Gasteiger partial charge in [0.25, 0.3) is 0 Å². The van der Waals surface area contributed by atoms with Crippen LogP contribution in [-0.2, 0) is 0 Å². The van der Waals surface area contributed by atoms with Crippen LogP contribution in [0.15, 0.2) is 24.3 Å². The molecular formula is C6H7Cl2N. The summed E-state index contributed by atoms with van der Waals surface area (Å²) in [5.41, 5.74) is 6.08. The molecule has 0 aliphatic rings. The molecule has 3 heteroatoms. The van der Waals surface area contributed by atoms with Crippen molar-refractivity contribution in [2.24, 2.45) is 0 Å². The predicted octanol–water partition coefficient (Wildman–Crippen LogP) is 2.34. The summed E-state index contributed by atoms with van der Waals surface area (Å²) < 4.78 is 0. The van der Waals surface area contributed by atoms with Gasteiger partial charge in [-0.2, -0.15) is 0 Å². The standard InChI is InChI=1S/C6H6ClN.ClH/c7-5-2-1-3-6(8)4-5;/h1-4H,8H2;1H. The number of hydrogen-bond acceptors (Lipinski definition) is 1. The van der Waals surface area contributed by atoms with E-state index < -0.39 is 0 Å². The highest BCUT2D eigenvalue weighted by Gasteiger charge is 1.83. The number of nitrogen functional groups attached to an aromatic ring is 1. The molecule has 0 bridgehead atoms. The van der Waals surface area contributed by atoms with Crippen molar-refractivity contribution >= 4 is 29.7 Å². The Morgan fingerprint density at radius 1 is 1.33 bits per heavy atom. The summed E-state index contributed by atoms with van der Waals surface area (Å²) in [6.45, 7) is 0. The van der Waals surface area contributed by atoms with E-state index in [9.17, 15) is 0 Å². The number of hydrogen-bond donors (Lipinski definition) is 1. The van der Waals surface area contributed by atoms with Gasteiger partial charge < -0.3 is 5.73 Å². The second-order valence-electron chi connectivity index (χ2n) is 1.56. The molecule has 50 valence electrons. The molecule has 0 spiro atoms. The Hall–Kier alpha value is -0.400. The fraction of sp³-hybridized carbons (Fsp3) is 0. The second-order valence-corrected chi connectivity index (χ2v) is 1.99. The van der Waals surface area contributed by atoms with Gasteiger partial charge in [-0.1, -0.05) is 17.7 Å². The highest BCUT2D eigenvalue weighted by Crippen LogP contribution is 2.10. The third-order valence-corrected chi connectivity index (χ3v) is 1.08. The Labute approximate surface area is 65.2 Å². The van der Waals surface area contributed by atoms with Crippen LogP contribution >= 0.6 is 24.0 Å². The van der Waals surface area contributed by atoms with Crippen LogP contribution in [0.4, 0.5) is 5.69 Å². The molecule has 1 aromatic rings. The molecule has 0 atom stereocenters. The first kappa shape index (κ1) is 8.60. The van der Waals surface area contributed by atoms with Gasteiger partial charge in [0.2, 0.25) is 0 Å². The zero-order chi connectivity index (χ0) is 5.98. The van der Waals surface area contributed by atoms with Crippen LogP contribution in [0.3, 0.4) is 0 Å². The Morgan fingerprint density at radius 2 is 2.00 bits per heavy atom. The lowest BCUT2D eigenvalue weighted by Gasteiger charge is -1.89. The monoisotopic (exact) mass is 163 g/mol. The highest BCUT2D eigenvalue weighted by molar-refractivity contribution is 6.30. The summed E-state index contributed by atoms with van der Waals surface area (Å²) in [6.07, 6.45) is 0. The van der Waals surface area contributed by atoms with Crippen molar-refractivity contribution in [3.63, 3.8) is 0 Å². The van der Waals surface area contributed by atoms with Crippen LogP contribution in [0, 0.1) is 0 Å². The lowest BCUT2D eigenvalue weighted by Crippen LogP contribution is -1.80. The lowest BCUT2D eigenvalue weighted by atomic mass is 10.3. The Morgan fingerprint density at radius 3 is 2.33 bits per heavy atom. The first-order valence-electron chi connectivity index (χ1n) is 2.30. The number of rotatable bonds is 0. The topological polar surface area (TPSA) is 26.0 Å². The molecule has 0 unspecified atom stereocenters. The van der Waals surface area contributed by atoms with E-state index >= 15 is 0 Å². The van der Waals surface area contributed by atoms with Gasteiger partial charge in [-0.25, -0.2) is 0 Å². The van der Waals surface area contributed by atoms with Gasteiger partial charge in [-0.3, -0.25) is 0 Å². The normalized spacial score (nSPS) is 8.11. The van der Waals surface area contributed by atoms with E-state index in [1.54, 1.807) is 18.2 Å². The quantitative estimate of drug-likeness (QED) is 0.585. The van der Waals surface area contributed by atoms with Crippen molar-refractivity contribution < 1.29 is 0 Å². The zero-order valence-corrected chi connectivity index (χ0v) is 6.25. The van der Waals surface area contributed by atoms with Gasteiger partial charge in [-0.05, 0) is 18.2 Å². The van der Waals surface area contributed by atoms with Crippen LogP contribution in [0.25, 0.3) is 0 Å². The number of anilines is 1. The molecule has 1 aromatic carbocycles. The van der Waals surface area contributed by atoms with Crippen molar-refractivity contribution in [2.45, 2.75) is 0 Å². The van der Waals surface area contributed by atoms with E-state index in [1.165, 1.54) is 0 Å². The van der Waals surface area contributed by atoms with Crippen molar-refractivity contribution in [1.29, 1.82) is 0 Å². The largest absolute Gasteiger partial charge is 0.399 e. The molecule has 0 amide bonds. The Bertz CT molecular complexity index is 171. The van der Waals surface area contributed by atoms with Gasteiger partial charge in [0.1, 0.15) is 0 Å². The molecule has 1 nitrogen and oxygen atoms in total. The van der Waals surface area contributed by atoms with Gasteiger partial charge in [-0.15, -0.1) is 12.4 Å². The molecule has 0 aliphatic carbocycles. The molecular weight excluding hydrogens is 157 g/mol. The van der Waals surface area contributed by atoms with Crippen molar-refractivity contribution in [2.75, 3.05) is 5.73 Å². The molecule has 0 saturated heterocycles. The van der Waals surface area contributed by atoms with E-state index in [2.05, 4.69) is 0 Å². The molecule has 0 fully saturated rings. The Kier molecular flexibility index (Phi) is 3.43. The van der Waals surface area contributed by atoms with E-state index in [1.807, 2.05) is 6.07 Å². The summed E-state index contributed by atoms with van der Waals surface area (Å²) in [5, 5.41) is 0.685. The summed E-state index contributed by atoms with van der Waals surface area (Å²) in [7, 11) is 0. The Balaban J connectivity index is 0.000000640. The van der Waals surface area contributed by atoms with Gasteiger partial charge >= 0.3 is 0 Å². The van der Waals surface area contributed by atoms with Gasteiger partial charge in [0.05, 0.1) is 0 Å². The fourth-order valence-corrected chi connectivity index (χ4v) is 0.705. The van der Waals surface area contributed by atoms with Crippen LogP contribution in [0.1, 0.15) is 0 Å². The van der Waals surface area contributed by atoms with Crippen molar-refractivity contribution in [1.82, 2.24) is 0 Å². The first-order valence-corrected chi connectivity index (χ1v) is 2.68. The van der Waals surface area contributed by atoms with Gasteiger partial charge in [0, 0.05) is 10.7 Å². The SMILES string of the molecule is Cl.Nc1cccc(Cl)c1. The average molecular weight is 164 g/mol. The van der Waals surface area contributed by atoms with Crippen LogP contribution in [-0.4, -0.2) is 0 Å². The predicted molar refractivity (Wildman–Crippen MR) is 43.1 cm³/mol. The van der Waals surface area contributed by atoms with Crippen LogP contribution in [0.2, 0.25) is 5.02 Å².